The number of ether oxygens (including phenoxy) is 3. The Kier molecular flexibility index (Phi) is 2.07. The highest BCUT2D eigenvalue weighted by atomic mass is 16.7. The lowest BCUT2D eigenvalue weighted by molar-refractivity contribution is 0.174. The Labute approximate surface area is 96.9 Å². The fourth-order valence-corrected chi connectivity index (χ4v) is 1.71. The maximum atomic E-state index is 5.49. The maximum Gasteiger partial charge on any atom is 0.231 e. The van der Waals surface area contributed by atoms with Crippen LogP contribution in [0.1, 0.15) is 0 Å². The molecule has 0 unspecified atom stereocenters. The van der Waals surface area contributed by atoms with Crippen molar-refractivity contribution < 1.29 is 18.7 Å². The Morgan fingerprint density at radius 2 is 2.00 bits per heavy atom. The average molecular weight is 234 g/mol. The summed E-state index contributed by atoms with van der Waals surface area (Å²) in [5.41, 5.74) is 6.84. The van der Waals surface area contributed by atoms with E-state index in [-0.39, 0.29) is 12.7 Å². The summed E-state index contributed by atoms with van der Waals surface area (Å²) in [4.78, 5) is 0. The Morgan fingerprint density at radius 3 is 2.65 bits per heavy atom. The highest BCUT2D eigenvalue weighted by Crippen LogP contribution is 2.42. The average Bonchev–Trinajstić information content (AvgIpc) is 2.94. The zero-order valence-electron chi connectivity index (χ0n) is 9.10. The SMILES string of the molecule is COc1cc2c(cc1-c1cc(N)on1)OCO2. The zero-order valence-corrected chi connectivity index (χ0v) is 9.10. The van der Waals surface area contributed by atoms with Gasteiger partial charge < -0.3 is 24.5 Å². The van der Waals surface area contributed by atoms with E-state index in [4.69, 9.17) is 24.5 Å². The monoisotopic (exact) mass is 234 g/mol. The lowest BCUT2D eigenvalue weighted by atomic mass is 10.1. The third-order valence-electron chi connectivity index (χ3n) is 2.50. The number of nitrogen functional groups attached to an aromatic ring is 1. The minimum Gasteiger partial charge on any atom is -0.496 e. The van der Waals surface area contributed by atoms with Gasteiger partial charge in [-0.25, -0.2) is 0 Å². The molecule has 1 aromatic heterocycles. The molecule has 0 amide bonds. The van der Waals surface area contributed by atoms with Crippen LogP contribution in [0.3, 0.4) is 0 Å². The molecule has 2 aromatic rings. The number of benzene rings is 1. The van der Waals surface area contributed by atoms with Gasteiger partial charge in [-0.2, -0.15) is 0 Å². The Hall–Kier alpha value is -2.37. The molecule has 0 saturated carbocycles. The minimum atomic E-state index is 0.211. The van der Waals surface area contributed by atoms with Gasteiger partial charge in [0, 0.05) is 17.7 Å². The number of nitrogens with two attached hydrogens (primary N) is 1. The molecule has 0 saturated heterocycles. The van der Waals surface area contributed by atoms with Crippen molar-refractivity contribution in [3.63, 3.8) is 0 Å². The molecule has 2 N–H and O–H groups in total. The minimum absolute atomic E-state index is 0.211. The van der Waals surface area contributed by atoms with E-state index in [1.807, 2.05) is 0 Å². The molecule has 6 nitrogen and oxygen atoms in total. The summed E-state index contributed by atoms with van der Waals surface area (Å²) in [5.74, 6) is 2.19. The molecule has 1 aliphatic rings. The summed E-state index contributed by atoms with van der Waals surface area (Å²) < 4.78 is 20.7. The molecule has 0 aliphatic carbocycles. The van der Waals surface area contributed by atoms with Crippen LogP contribution in [0.25, 0.3) is 11.3 Å². The number of hydrogen-bond donors (Lipinski definition) is 1. The van der Waals surface area contributed by atoms with Gasteiger partial charge >= 0.3 is 0 Å². The molecule has 3 rings (SSSR count). The number of nitrogens with zero attached hydrogens (tertiary/aromatic N) is 1. The lowest BCUT2D eigenvalue weighted by Gasteiger charge is -2.06. The standard InChI is InChI=1S/C11H10N2O4/c1-14-8-4-10-9(15-5-16-10)2-6(8)7-3-11(12)17-13-7/h2-4H,5,12H2,1H3. The van der Waals surface area contributed by atoms with Gasteiger partial charge in [0.25, 0.3) is 0 Å². The molecule has 1 aromatic carbocycles. The highest BCUT2D eigenvalue weighted by Gasteiger charge is 2.20. The number of aromatic nitrogens is 1. The Morgan fingerprint density at radius 1 is 1.24 bits per heavy atom. The molecule has 88 valence electrons. The van der Waals surface area contributed by atoms with Gasteiger partial charge in [-0.1, -0.05) is 5.16 Å². The van der Waals surface area contributed by atoms with E-state index in [1.54, 1.807) is 25.3 Å². The van der Waals surface area contributed by atoms with E-state index in [0.29, 0.717) is 22.9 Å². The second-order valence-corrected chi connectivity index (χ2v) is 3.52. The Balaban J connectivity index is 2.15. The Bertz CT molecular complexity index is 565. The predicted molar refractivity (Wildman–Crippen MR) is 59.0 cm³/mol. The molecule has 0 atom stereocenters. The van der Waals surface area contributed by atoms with E-state index in [2.05, 4.69) is 5.16 Å². The molecule has 17 heavy (non-hydrogen) atoms. The van der Waals surface area contributed by atoms with Crippen LogP contribution in [0.4, 0.5) is 5.88 Å². The number of fused-ring (bicyclic) bond motifs is 1. The molecule has 6 heteroatoms. The van der Waals surface area contributed by atoms with Crippen molar-refractivity contribution in [3.05, 3.63) is 18.2 Å². The van der Waals surface area contributed by atoms with E-state index in [0.717, 1.165) is 5.56 Å². The van der Waals surface area contributed by atoms with Gasteiger partial charge in [-0.05, 0) is 6.07 Å². The third-order valence-corrected chi connectivity index (χ3v) is 2.50. The first-order chi connectivity index (χ1) is 8.28. The van der Waals surface area contributed by atoms with Crippen molar-refractivity contribution >= 4 is 5.88 Å². The van der Waals surface area contributed by atoms with Gasteiger partial charge in [-0.3, -0.25) is 0 Å². The lowest BCUT2D eigenvalue weighted by Crippen LogP contribution is -1.92. The summed E-state index contributed by atoms with van der Waals surface area (Å²) >= 11 is 0. The van der Waals surface area contributed by atoms with Crippen LogP contribution in [-0.4, -0.2) is 19.1 Å². The van der Waals surface area contributed by atoms with E-state index in [1.165, 1.54) is 0 Å². The number of anilines is 1. The normalized spacial score (nSPS) is 12.8. The first-order valence-electron chi connectivity index (χ1n) is 4.98. The summed E-state index contributed by atoms with van der Waals surface area (Å²) in [5, 5.41) is 3.84. The molecule has 0 radical (unpaired) electrons. The molecular weight excluding hydrogens is 224 g/mol. The van der Waals surface area contributed by atoms with Crippen LogP contribution in [0, 0.1) is 0 Å². The van der Waals surface area contributed by atoms with Crippen LogP contribution in [-0.2, 0) is 0 Å². The smallest absolute Gasteiger partial charge is 0.231 e. The van der Waals surface area contributed by atoms with Gasteiger partial charge in [0.2, 0.25) is 12.7 Å². The van der Waals surface area contributed by atoms with Gasteiger partial charge in [0.1, 0.15) is 11.4 Å². The molecule has 1 aliphatic heterocycles. The molecule has 0 bridgehead atoms. The van der Waals surface area contributed by atoms with E-state index < -0.39 is 0 Å². The molecule has 2 heterocycles. The molecule has 0 fully saturated rings. The summed E-state index contributed by atoms with van der Waals surface area (Å²) in [7, 11) is 1.57. The fraction of sp³-hybridized carbons (Fsp3) is 0.182. The number of rotatable bonds is 2. The van der Waals surface area contributed by atoms with Gasteiger partial charge in [0.15, 0.2) is 11.5 Å². The highest BCUT2D eigenvalue weighted by molar-refractivity contribution is 5.72. The van der Waals surface area contributed by atoms with Gasteiger partial charge in [0.05, 0.1) is 7.11 Å². The topological polar surface area (TPSA) is 79.7 Å². The molecule has 0 spiro atoms. The largest absolute Gasteiger partial charge is 0.496 e. The summed E-state index contributed by atoms with van der Waals surface area (Å²) in [6.07, 6.45) is 0. The first kappa shape index (κ1) is 9.83. The second kappa shape index (κ2) is 3.58. The van der Waals surface area contributed by atoms with E-state index in [9.17, 15) is 0 Å². The maximum absolute atomic E-state index is 5.49. The fourth-order valence-electron chi connectivity index (χ4n) is 1.71. The number of methoxy groups -OCH3 is 1. The van der Waals surface area contributed by atoms with Crippen molar-refractivity contribution in [2.75, 3.05) is 19.6 Å². The first-order valence-corrected chi connectivity index (χ1v) is 4.98. The quantitative estimate of drug-likeness (QED) is 0.851. The second-order valence-electron chi connectivity index (χ2n) is 3.52. The predicted octanol–water partition coefficient (Wildman–Crippen LogP) is 1.66. The number of hydrogen-bond acceptors (Lipinski definition) is 6. The van der Waals surface area contributed by atoms with Gasteiger partial charge in [-0.15, -0.1) is 0 Å². The van der Waals surface area contributed by atoms with Crippen molar-refractivity contribution in [2.24, 2.45) is 0 Å². The van der Waals surface area contributed by atoms with Crippen molar-refractivity contribution in [3.8, 4) is 28.5 Å². The summed E-state index contributed by atoms with van der Waals surface area (Å²) in [6.45, 7) is 0.211. The van der Waals surface area contributed by atoms with E-state index >= 15 is 0 Å². The van der Waals surface area contributed by atoms with Crippen LogP contribution in [0.15, 0.2) is 22.7 Å². The van der Waals surface area contributed by atoms with Crippen molar-refractivity contribution in [1.29, 1.82) is 0 Å². The van der Waals surface area contributed by atoms with Crippen LogP contribution in [0.2, 0.25) is 0 Å². The van der Waals surface area contributed by atoms with Crippen LogP contribution < -0.4 is 19.9 Å². The third kappa shape index (κ3) is 1.54. The van der Waals surface area contributed by atoms with Crippen molar-refractivity contribution in [2.45, 2.75) is 0 Å². The van der Waals surface area contributed by atoms with Crippen LogP contribution >= 0.6 is 0 Å². The molecular formula is C11H10N2O4. The van der Waals surface area contributed by atoms with Crippen LogP contribution in [0.5, 0.6) is 17.2 Å². The zero-order chi connectivity index (χ0) is 11.8. The van der Waals surface area contributed by atoms with Crippen molar-refractivity contribution in [1.82, 2.24) is 5.16 Å². The summed E-state index contributed by atoms with van der Waals surface area (Å²) in [6, 6.07) is 5.17.